The first kappa shape index (κ1) is 15.2. The molecule has 1 heterocycles. The molecule has 0 fully saturated rings. The minimum atomic E-state index is -0.322. The van der Waals surface area contributed by atoms with Gasteiger partial charge >= 0.3 is 0 Å². The third-order valence-corrected chi connectivity index (χ3v) is 4.30. The van der Waals surface area contributed by atoms with Gasteiger partial charge in [-0.3, -0.25) is 4.79 Å². The van der Waals surface area contributed by atoms with Crippen LogP contribution in [0.1, 0.15) is 16.8 Å². The molecule has 0 saturated heterocycles. The molecule has 4 nitrogen and oxygen atoms in total. The van der Waals surface area contributed by atoms with Crippen molar-refractivity contribution < 1.29 is 4.79 Å². The number of nitrogens with two attached hydrogens (primary N) is 2. The van der Waals surface area contributed by atoms with Gasteiger partial charge in [0.25, 0.3) is 0 Å². The summed E-state index contributed by atoms with van der Waals surface area (Å²) in [6.45, 7) is 2.90. The Morgan fingerprint density at radius 3 is 2.57 bits per heavy atom. The Bertz CT molecular complexity index is 850. The molecule has 0 saturated carbocycles. The molecular formula is C19H21N3O. The predicted octanol–water partition coefficient (Wildman–Crippen LogP) is 2.80. The van der Waals surface area contributed by atoms with Gasteiger partial charge in [0, 0.05) is 28.8 Å². The molecule has 0 spiro atoms. The summed E-state index contributed by atoms with van der Waals surface area (Å²) in [5.41, 5.74) is 16.5. The number of aromatic nitrogens is 1. The first-order valence-corrected chi connectivity index (χ1v) is 7.75. The normalized spacial score (nSPS) is 11.0. The van der Waals surface area contributed by atoms with Gasteiger partial charge in [-0.2, -0.15) is 0 Å². The van der Waals surface area contributed by atoms with Crippen LogP contribution in [0.4, 0.5) is 5.69 Å². The monoisotopic (exact) mass is 307 g/mol. The van der Waals surface area contributed by atoms with Crippen LogP contribution in [0.25, 0.3) is 10.9 Å². The molecule has 0 atom stereocenters. The number of rotatable bonds is 5. The van der Waals surface area contributed by atoms with Crippen LogP contribution in [-0.2, 0) is 24.2 Å². The minimum Gasteiger partial charge on any atom is -0.399 e. The van der Waals surface area contributed by atoms with Crippen molar-refractivity contribution in [3.05, 3.63) is 65.4 Å². The molecule has 4 heteroatoms. The van der Waals surface area contributed by atoms with E-state index in [2.05, 4.69) is 28.8 Å². The summed E-state index contributed by atoms with van der Waals surface area (Å²) in [5.74, 6) is -0.322. The van der Waals surface area contributed by atoms with Crippen LogP contribution in [0.2, 0.25) is 0 Å². The Hall–Kier alpha value is -2.75. The average molecular weight is 307 g/mol. The SMILES string of the molecule is Cc1c(CC(N)=O)c2cc(N)ccc2n1CCc1ccccc1. The van der Waals surface area contributed by atoms with Crippen molar-refractivity contribution in [3.8, 4) is 0 Å². The molecule has 1 amide bonds. The van der Waals surface area contributed by atoms with E-state index >= 15 is 0 Å². The second-order valence-corrected chi connectivity index (χ2v) is 5.87. The lowest BCUT2D eigenvalue weighted by Gasteiger charge is -2.09. The molecule has 1 aromatic heterocycles. The first-order chi connectivity index (χ1) is 11.1. The van der Waals surface area contributed by atoms with Crippen LogP contribution in [0, 0.1) is 6.92 Å². The maximum atomic E-state index is 11.4. The maximum absolute atomic E-state index is 11.4. The van der Waals surface area contributed by atoms with Gasteiger partial charge in [0.2, 0.25) is 5.91 Å². The van der Waals surface area contributed by atoms with Crippen molar-refractivity contribution in [1.82, 2.24) is 4.57 Å². The average Bonchev–Trinajstić information content (AvgIpc) is 2.78. The molecule has 0 unspecified atom stereocenters. The zero-order chi connectivity index (χ0) is 16.4. The Morgan fingerprint density at radius 1 is 1.13 bits per heavy atom. The summed E-state index contributed by atoms with van der Waals surface area (Å²) in [5, 5.41) is 1.02. The number of amides is 1. The second-order valence-electron chi connectivity index (χ2n) is 5.87. The summed E-state index contributed by atoms with van der Waals surface area (Å²) in [6, 6.07) is 16.2. The molecule has 0 radical (unpaired) electrons. The smallest absolute Gasteiger partial charge is 0.221 e. The predicted molar refractivity (Wildman–Crippen MR) is 94.1 cm³/mol. The number of carbonyl (C=O) groups excluding carboxylic acids is 1. The van der Waals surface area contributed by atoms with Crippen LogP contribution in [0.15, 0.2) is 48.5 Å². The van der Waals surface area contributed by atoms with E-state index in [4.69, 9.17) is 11.5 Å². The van der Waals surface area contributed by atoms with Crippen LogP contribution in [0.3, 0.4) is 0 Å². The Balaban J connectivity index is 2.02. The van der Waals surface area contributed by atoms with Gasteiger partial charge in [-0.05, 0) is 42.7 Å². The fourth-order valence-electron chi connectivity index (χ4n) is 3.14. The van der Waals surface area contributed by atoms with Crippen molar-refractivity contribution in [2.24, 2.45) is 5.73 Å². The van der Waals surface area contributed by atoms with Crippen molar-refractivity contribution >= 4 is 22.5 Å². The topological polar surface area (TPSA) is 74.0 Å². The highest BCUT2D eigenvalue weighted by atomic mass is 16.1. The van der Waals surface area contributed by atoms with Gasteiger partial charge in [-0.15, -0.1) is 0 Å². The molecule has 0 aliphatic carbocycles. The Labute approximate surface area is 135 Å². The highest BCUT2D eigenvalue weighted by Gasteiger charge is 2.15. The van der Waals surface area contributed by atoms with E-state index in [1.54, 1.807) is 0 Å². The fraction of sp³-hybridized carbons (Fsp3) is 0.211. The van der Waals surface area contributed by atoms with E-state index in [0.29, 0.717) is 5.69 Å². The van der Waals surface area contributed by atoms with Gasteiger partial charge in [0.1, 0.15) is 0 Å². The van der Waals surface area contributed by atoms with E-state index in [0.717, 1.165) is 35.1 Å². The molecule has 3 rings (SSSR count). The lowest BCUT2D eigenvalue weighted by molar-refractivity contribution is -0.117. The van der Waals surface area contributed by atoms with E-state index in [1.807, 2.05) is 31.2 Å². The largest absolute Gasteiger partial charge is 0.399 e. The zero-order valence-electron chi connectivity index (χ0n) is 13.3. The number of anilines is 1. The zero-order valence-corrected chi connectivity index (χ0v) is 13.3. The van der Waals surface area contributed by atoms with Crippen molar-refractivity contribution in [2.45, 2.75) is 26.3 Å². The molecule has 118 valence electrons. The van der Waals surface area contributed by atoms with Gasteiger partial charge in [-0.1, -0.05) is 30.3 Å². The highest BCUT2D eigenvalue weighted by molar-refractivity contribution is 5.92. The van der Waals surface area contributed by atoms with E-state index in [1.165, 1.54) is 5.56 Å². The number of fused-ring (bicyclic) bond motifs is 1. The van der Waals surface area contributed by atoms with E-state index < -0.39 is 0 Å². The summed E-state index contributed by atoms with van der Waals surface area (Å²) in [7, 11) is 0. The molecule has 0 aliphatic heterocycles. The number of hydrogen-bond acceptors (Lipinski definition) is 2. The van der Waals surface area contributed by atoms with Gasteiger partial charge in [0.15, 0.2) is 0 Å². The first-order valence-electron chi connectivity index (χ1n) is 7.75. The summed E-state index contributed by atoms with van der Waals surface area (Å²) in [6.07, 6.45) is 1.18. The summed E-state index contributed by atoms with van der Waals surface area (Å²) in [4.78, 5) is 11.4. The van der Waals surface area contributed by atoms with Crippen molar-refractivity contribution in [2.75, 3.05) is 5.73 Å². The lowest BCUT2D eigenvalue weighted by atomic mass is 10.1. The number of aryl methyl sites for hydroxylation is 2. The van der Waals surface area contributed by atoms with Gasteiger partial charge < -0.3 is 16.0 Å². The number of benzene rings is 2. The molecule has 2 aromatic carbocycles. The molecule has 4 N–H and O–H groups in total. The number of nitrogens with zero attached hydrogens (tertiary/aromatic N) is 1. The minimum absolute atomic E-state index is 0.240. The number of primary amides is 1. The van der Waals surface area contributed by atoms with E-state index in [-0.39, 0.29) is 12.3 Å². The Morgan fingerprint density at radius 2 is 1.87 bits per heavy atom. The van der Waals surface area contributed by atoms with E-state index in [9.17, 15) is 4.79 Å². The van der Waals surface area contributed by atoms with Crippen LogP contribution in [0.5, 0.6) is 0 Å². The number of hydrogen-bond donors (Lipinski definition) is 2. The Kier molecular flexibility index (Phi) is 4.06. The molecule has 0 aliphatic rings. The highest BCUT2D eigenvalue weighted by Crippen LogP contribution is 2.28. The third-order valence-electron chi connectivity index (χ3n) is 4.30. The van der Waals surface area contributed by atoms with Crippen molar-refractivity contribution in [1.29, 1.82) is 0 Å². The third kappa shape index (κ3) is 3.06. The van der Waals surface area contributed by atoms with Crippen molar-refractivity contribution in [3.63, 3.8) is 0 Å². The molecule has 0 bridgehead atoms. The summed E-state index contributed by atoms with van der Waals surface area (Å²) < 4.78 is 2.25. The van der Waals surface area contributed by atoms with Gasteiger partial charge in [-0.25, -0.2) is 0 Å². The van der Waals surface area contributed by atoms with Crippen LogP contribution in [-0.4, -0.2) is 10.5 Å². The fourth-order valence-corrected chi connectivity index (χ4v) is 3.14. The standard InChI is InChI=1S/C19H21N3O/c1-13-16(12-19(21)23)17-11-15(20)7-8-18(17)22(13)10-9-14-5-3-2-4-6-14/h2-8,11H,9-10,12,20H2,1H3,(H2,21,23). The molecule has 23 heavy (non-hydrogen) atoms. The number of nitrogen functional groups attached to an aromatic ring is 1. The quantitative estimate of drug-likeness (QED) is 0.711. The second kappa shape index (κ2) is 6.16. The summed E-state index contributed by atoms with van der Waals surface area (Å²) >= 11 is 0. The molecular weight excluding hydrogens is 286 g/mol. The van der Waals surface area contributed by atoms with Gasteiger partial charge in [0.05, 0.1) is 6.42 Å². The van der Waals surface area contributed by atoms with Crippen LogP contribution < -0.4 is 11.5 Å². The van der Waals surface area contributed by atoms with Crippen LogP contribution >= 0.6 is 0 Å². The number of carbonyl (C=O) groups is 1. The molecule has 3 aromatic rings. The maximum Gasteiger partial charge on any atom is 0.221 e. The lowest BCUT2D eigenvalue weighted by Crippen LogP contribution is -2.14.